The van der Waals surface area contributed by atoms with Gasteiger partial charge in [-0.1, -0.05) is 123 Å². The second-order valence-electron chi connectivity index (χ2n) is 13.1. The average molecular weight is 1040 g/mol. The summed E-state index contributed by atoms with van der Waals surface area (Å²) >= 11 is 6.19. The molecule has 2 heterocycles. The molecular formula is C41H74FmN5O5S2-. The number of aldehydes is 1. The molecule has 0 saturated carbocycles. The first kappa shape index (κ1) is 57.0. The SMILES string of the molecule is CCC.CCC.CCC(C)C(C(CC=O)OC)N(C)C(=O)CN[C-]=O.COC(C(C)C)C1CCCN1C.Cc1ccccc1.S=CNCc1nccs1.[Fm]. The van der Waals surface area contributed by atoms with Crippen LogP contribution in [0.25, 0.3) is 0 Å². The summed E-state index contributed by atoms with van der Waals surface area (Å²) in [6.07, 6.45) is 10.3. The molecule has 1 aliphatic rings. The molecule has 5 unspecified atom stereocenters. The van der Waals surface area contributed by atoms with Crippen LogP contribution in [0.3, 0.4) is 0 Å². The molecule has 2 amide bonds. The monoisotopic (exact) mass is 1040 g/mol. The van der Waals surface area contributed by atoms with Crippen LogP contribution in [0, 0.1) is 18.8 Å². The molecule has 0 aliphatic carbocycles. The van der Waals surface area contributed by atoms with Crippen molar-refractivity contribution < 1.29 is 23.9 Å². The predicted molar refractivity (Wildman–Crippen MR) is 228 cm³/mol. The summed E-state index contributed by atoms with van der Waals surface area (Å²) in [5.74, 6) is 0.571. The van der Waals surface area contributed by atoms with E-state index in [0.29, 0.717) is 18.1 Å². The van der Waals surface area contributed by atoms with E-state index in [4.69, 9.17) is 9.47 Å². The van der Waals surface area contributed by atoms with E-state index >= 15 is 0 Å². The van der Waals surface area contributed by atoms with Gasteiger partial charge < -0.3 is 39.5 Å². The van der Waals surface area contributed by atoms with E-state index in [1.165, 1.54) is 61.7 Å². The van der Waals surface area contributed by atoms with Gasteiger partial charge in [0, 0.05) is 45.3 Å². The number of aromatic nitrogens is 1. The minimum Gasteiger partial charge on any atom is -0.522 e. The number of likely N-dealkylation sites (N-methyl/N-ethyl adjacent to an activating group) is 2. The van der Waals surface area contributed by atoms with Crippen molar-refractivity contribution in [3.05, 3.63) is 52.5 Å². The van der Waals surface area contributed by atoms with Gasteiger partial charge >= 0.3 is 0 Å². The van der Waals surface area contributed by atoms with Gasteiger partial charge in [0.15, 0.2) is 0 Å². The van der Waals surface area contributed by atoms with Crippen LogP contribution in [-0.4, -0.2) is 105 Å². The molecule has 0 radical (unpaired) electrons. The number of likely N-dealkylation sites (tertiary alicyclic amines) is 1. The second-order valence-corrected chi connectivity index (χ2v) is 14.4. The summed E-state index contributed by atoms with van der Waals surface area (Å²) in [5, 5.41) is 8.12. The quantitative estimate of drug-likeness (QED) is 0.0751. The van der Waals surface area contributed by atoms with Gasteiger partial charge in [0.25, 0.3) is 0 Å². The third kappa shape index (κ3) is 27.8. The van der Waals surface area contributed by atoms with Gasteiger partial charge in [0.2, 0.25) is 5.91 Å². The van der Waals surface area contributed by atoms with Crippen LogP contribution in [-0.2, 0) is 30.4 Å². The Balaban J connectivity index is -0.000000307. The van der Waals surface area contributed by atoms with Gasteiger partial charge in [-0.15, -0.1) is 11.3 Å². The van der Waals surface area contributed by atoms with Crippen molar-refractivity contribution in [1.29, 1.82) is 0 Å². The Bertz CT molecular complexity index is 1120. The molecule has 318 valence electrons. The average Bonchev–Trinajstić information content (AvgIpc) is 3.83. The third-order valence-electron chi connectivity index (χ3n) is 8.04. The van der Waals surface area contributed by atoms with Crippen LogP contribution < -0.4 is 10.6 Å². The van der Waals surface area contributed by atoms with Gasteiger partial charge in [-0.2, -0.15) is 6.41 Å². The minimum absolute atomic E-state index is 0. The molecule has 1 fully saturated rings. The molecule has 13 heteroatoms. The molecule has 54 heavy (non-hydrogen) atoms. The Kier molecular flexibility index (Phi) is 41.1. The van der Waals surface area contributed by atoms with Crippen molar-refractivity contribution in [3.63, 3.8) is 0 Å². The maximum absolute atomic E-state index is 11.9. The number of carbonyl (C=O) groups excluding carboxylic acids is 3. The summed E-state index contributed by atoms with van der Waals surface area (Å²) in [6.45, 7) is 21.0. The molecule has 3 rings (SSSR count). The van der Waals surface area contributed by atoms with E-state index in [-0.39, 0.29) is 36.9 Å². The smallest absolute Gasteiger partial charge is 0.239 e. The fourth-order valence-electron chi connectivity index (χ4n) is 5.34. The summed E-state index contributed by atoms with van der Waals surface area (Å²) in [6, 6.07) is 10.7. The summed E-state index contributed by atoms with van der Waals surface area (Å²) < 4.78 is 10.9. The number of thiazole rings is 1. The van der Waals surface area contributed by atoms with Crippen LogP contribution in [0.4, 0.5) is 0 Å². The fraction of sp³-hybridized carbons (Fsp3) is 0.683. The number of hydrogen-bond acceptors (Lipinski definition) is 9. The zero-order valence-electron chi connectivity index (χ0n) is 35.5. The van der Waals surface area contributed by atoms with Crippen LogP contribution in [0.1, 0.15) is 104 Å². The Morgan fingerprint density at radius 1 is 1.11 bits per heavy atom. The molecule has 2 N–H and O–H groups in total. The number of nitrogens with zero attached hydrogens (tertiary/aromatic N) is 3. The molecule has 0 bridgehead atoms. The Labute approximate surface area is 333 Å². The van der Waals surface area contributed by atoms with E-state index in [1.54, 1.807) is 24.6 Å². The van der Waals surface area contributed by atoms with E-state index in [1.807, 2.05) is 44.5 Å². The van der Waals surface area contributed by atoms with Crippen molar-refractivity contribution in [2.45, 2.75) is 132 Å². The molecule has 10 nitrogen and oxygen atoms in total. The van der Waals surface area contributed by atoms with Gasteiger partial charge in [-0.3, -0.25) is 4.79 Å². The number of nitrogens with one attached hydrogen (secondary N) is 2. The summed E-state index contributed by atoms with van der Waals surface area (Å²) in [7, 11) is 7.21. The number of benzene rings is 1. The zero-order valence-corrected chi connectivity index (χ0v) is 39.5. The summed E-state index contributed by atoms with van der Waals surface area (Å²) in [5.41, 5.74) is 2.82. The molecule has 1 saturated heterocycles. The largest absolute Gasteiger partial charge is 0.522 e. The number of amides is 2. The molecule has 1 aliphatic heterocycles. The van der Waals surface area contributed by atoms with Crippen molar-refractivity contribution in [1.82, 2.24) is 25.4 Å². The van der Waals surface area contributed by atoms with Crippen LogP contribution in [0.2, 0.25) is 0 Å². The molecule has 0 spiro atoms. The zero-order chi connectivity index (χ0) is 41.0. The Morgan fingerprint density at radius 2 is 1.70 bits per heavy atom. The minimum atomic E-state index is -0.346. The molecule has 5 atom stereocenters. The van der Waals surface area contributed by atoms with Gasteiger partial charge in [-0.05, 0) is 45.2 Å². The van der Waals surface area contributed by atoms with Gasteiger partial charge in [0.05, 0.1) is 36.8 Å². The topological polar surface area (TPSA) is 113 Å². The standard InChI is InChI=1S/C13H23N2O4.C10H21NO.C7H8.C5H6N2S2.2C3H8.Fm/c1-5-10(2)13(11(19-4)6-7-16)15(3)12(18)8-14-9-17;1-8(2)10(12-4)9-6-5-7-11(9)3;1-7-5-3-2-4-6-7;8-4-6-3-5-7-1-2-9-5;2*1-3-2;/h7,10-11,13H,5-6,8H2,1-4H3,(H,14,17);8-10H,5-7H2,1-4H3;2-6H,1H3;1-2,4H,3H2,(H,6,8);2*3H2,1-2H3;/q-1;;;;;;. The molecular weight excluding hydrogens is 964 g/mol. The fourth-order valence-corrected chi connectivity index (χ4v) is 5.99. The first-order valence-electron chi connectivity index (χ1n) is 19.0. The number of methoxy groups -OCH3 is 2. The molecule has 1 aromatic heterocycles. The van der Waals surface area contributed by atoms with Crippen molar-refractivity contribution in [3.8, 4) is 0 Å². The number of thiocarbonyl (C=S) groups is 1. The summed E-state index contributed by atoms with van der Waals surface area (Å²) in [4.78, 5) is 40.7. The Hall–Kier alpha value is -3.77. The maximum Gasteiger partial charge on any atom is 0.239 e. The van der Waals surface area contributed by atoms with E-state index in [9.17, 15) is 14.4 Å². The van der Waals surface area contributed by atoms with Crippen molar-refractivity contribution in [2.24, 2.45) is 11.8 Å². The normalized spacial score (nSPS) is 14.9. The van der Waals surface area contributed by atoms with Crippen LogP contribution >= 0.6 is 23.6 Å². The predicted octanol–water partition coefficient (Wildman–Crippen LogP) is 7.89. The van der Waals surface area contributed by atoms with E-state index in [2.05, 4.69) is 100 Å². The van der Waals surface area contributed by atoms with Gasteiger partial charge in [0.1, 0.15) is 11.3 Å². The maximum atomic E-state index is 11.9. The van der Waals surface area contributed by atoms with Crippen LogP contribution in [0.15, 0.2) is 41.9 Å². The number of hydrogen-bond donors (Lipinski definition) is 2. The van der Waals surface area contributed by atoms with Gasteiger partial charge in [-0.25, -0.2) is 4.98 Å². The third-order valence-corrected chi connectivity index (χ3v) is 8.98. The second kappa shape index (κ2) is 38.9. The van der Waals surface area contributed by atoms with Crippen molar-refractivity contribution in [2.75, 3.05) is 41.4 Å². The van der Waals surface area contributed by atoms with Crippen molar-refractivity contribution >= 4 is 47.6 Å². The molecule has 2 aromatic rings. The van der Waals surface area contributed by atoms with Crippen LogP contribution in [0.5, 0.6) is 0 Å². The number of ether oxygens (including phenoxy) is 2. The molecule has 1 aromatic carbocycles. The number of rotatable bonds is 16. The Morgan fingerprint density at radius 3 is 2.06 bits per heavy atom. The van der Waals surface area contributed by atoms with E-state index in [0.717, 1.165) is 24.3 Å². The number of aryl methyl sites for hydroxylation is 1. The first-order valence-corrected chi connectivity index (χ1v) is 20.3. The number of carbonyl (C=O) groups is 2. The van der Waals surface area contributed by atoms with E-state index < -0.39 is 0 Å². The first-order chi connectivity index (χ1) is 25.3.